The van der Waals surface area contributed by atoms with Gasteiger partial charge >= 0.3 is 0 Å². The Kier molecular flexibility index (Phi) is 5.54. The van der Waals surface area contributed by atoms with Gasteiger partial charge in [0.25, 0.3) is 8.32 Å². The monoisotopic (exact) mass is 438 g/mol. The average Bonchev–Trinajstić information content (AvgIpc) is 3.08. The molecule has 2 saturated carbocycles. The molecule has 4 rings (SSSR count). The molecule has 4 atom stereocenters. The molecule has 0 radical (unpaired) electrons. The van der Waals surface area contributed by atoms with Crippen molar-refractivity contribution in [2.45, 2.75) is 51.7 Å². The van der Waals surface area contributed by atoms with Gasteiger partial charge in [-0.2, -0.15) is 0 Å². The Balaban J connectivity index is 1.83. The number of carbonyl (C=O) groups excluding carboxylic acids is 1. The van der Waals surface area contributed by atoms with E-state index in [-0.39, 0.29) is 23.3 Å². The number of rotatable bonds is 6. The number of Topliss-reactive ketones (excluding diaryl/α,β-unsaturated/α-hetero) is 1. The zero-order chi connectivity index (χ0) is 22.5. The summed E-state index contributed by atoms with van der Waals surface area (Å²) in [6, 6.07) is 20.9. The Morgan fingerprint density at radius 3 is 1.97 bits per heavy atom. The maximum atomic E-state index is 12.9. The topological polar surface area (TPSA) is 66.8 Å². The minimum absolute atomic E-state index is 0.0210. The quantitative estimate of drug-likeness (QED) is 0.681. The second kappa shape index (κ2) is 7.66. The van der Waals surface area contributed by atoms with Crippen LogP contribution in [0.1, 0.15) is 40.5 Å². The number of ketones is 1. The first-order valence-corrected chi connectivity index (χ1v) is 13.1. The van der Waals surface area contributed by atoms with Crippen molar-refractivity contribution in [1.29, 1.82) is 0 Å². The van der Waals surface area contributed by atoms with Crippen molar-refractivity contribution in [3.05, 3.63) is 60.7 Å². The van der Waals surface area contributed by atoms with E-state index in [9.17, 15) is 15.0 Å². The van der Waals surface area contributed by atoms with Gasteiger partial charge in [0.05, 0.1) is 18.1 Å². The SMILES string of the molecule is CC(C)(C)[Si](OC[C@]1(C)[C@@H]2CC(=O)[C@@]1(CO)[C@@H](O)C2)(c1ccccc1)c1ccccc1. The summed E-state index contributed by atoms with van der Waals surface area (Å²) < 4.78 is 7.12. The molecule has 0 spiro atoms. The molecule has 2 aromatic rings. The zero-order valence-corrected chi connectivity index (χ0v) is 20.0. The molecular weight excluding hydrogens is 404 g/mol. The van der Waals surface area contributed by atoms with E-state index in [1.807, 2.05) is 19.1 Å². The molecule has 2 aliphatic carbocycles. The summed E-state index contributed by atoms with van der Waals surface area (Å²) in [5, 5.41) is 23.3. The smallest absolute Gasteiger partial charge is 0.261 e. The molecule has 0 heterocycles. The Morgan fingerprint density at radius 1 is 1.03 bits per heavy atom. The molecule has 2 aliphatic rings. The lowest BCUT2D eigenvalue weighted by atomic mass is 9.67. The predicted octanol–water partition coefficient (Wildman–Crippen LogP) is 2.90. The zero-order valence-electron chi connectivity index (χ0n) is 19.0. The summed E-state index contributed by atoms with van der Waals surface area (Å²) in [6.07, 6.45) is 0.155. The Morgan fingerprint density at radius 2 is 1.55 bits per heavy atom. The lowest BCUT2D eigenvalue weighted by Gasteiger charge is -2.47. The first-order valence-electron chi connectivity index (χ1n) is 11.2. The molecule has 2 N–H and O–H groups in total. The van der Waals surface area contributed by atoms with Gasteiger partial charge in [0.2, 0.25) is 0 Å². The third kappa shape index (κ3) is 3.01. The molecule has 0 unspecified atom stereocenters. The summed E-state index contributed by atoms with van der Waals surface area (Å²) in [6.45, 7) is 8.73. The fraction of sp³-hybridized carbons (Fsp3) is 0.500. The van der Waals surface area contributed by atoms with E-state index in [0.29, 0.717) is 19.4 Å². The van der Waals surface area contributed by atoms with Gasteiger partial charge in [-0.25, -0.2) is 0 Å². The van der Waals surface area contributed by atoms with Gasteiger partial charge in [-0.3, -0.25) is 4.79 Å². The van der Waals surface area contributed by atoms with Gasteiger partial charge in [0, 0.05) is 18.4 Å². The van der Waals surface area contributed by atoms with Crippen molar-refractivity contribution in [2.75, 3.05) is 13.2 Å². The van der Waals surface area contributed by atoms with Crippen molar-refractivity contribution in [3.8, 4) is 0 Å². The lowest BCUT2D eigenvalue weighted by Crippen LogP contribution is -2.67. The fourth-order valence-corrected chi connectivity index (χ4v) is 11.0. The molecular formula is C26H34O4Si. The van der Waals surface area contributed by atoms with Gasteiger partial charge in [-0.05, 0) is 27.8 Å². The summed E-state index contributed by atoms with van der Waals surface area (Å²) in [5.74, 6) is 0.00710. The van der Waals surface area contributed by atoms with Gasteiger partial charge in [0.15, 0.2) is 0 Å². The van der Waals surface area contributed by atoms with Crippen LogP contribution < -0.4 is 10.4 Å². The molecule has 2 aromatic carbocycles. The first kappa shape index (κ1) is 22.4. The number of fused-ring (bicyclic) bond motifs is 2. The van der Waals surface area contributed by atoms with Gasteiger partial charge < -0.3 is 14.6 Å². The van der Waals surface area contributed by atoms with Gasteiger partial charge in [0.1, 0.15) is 5.78 Å². The highest BCUT2D eigenvalue weighted by molar-refractivity contribution is 6.99. The molecule has 0 aliphatic heterocycles. The van der Waals surface area contributed by atoms with E-state index >= 15 is 0 Å². The van der Waals surface area contributed by atoms with Crippen LogP contribution in [0.5, 0.6) is 0 Å². The fourth-order valence-electron chi connectivity index (χ4n) is 6.34. The molecule has 2 bridgehead atoms. The second-order valence-corrected chi connectivity index (χ2v) is 14.9. The maximum Gasteiger partial charge on any atom is 0.261 e. The summed E-state index contributed by atoms with van der Waals surface area (Å²) in [4.78, 5) is 12.9. The molecule has 0 saturated heterocycles. The molecule has 0 amide bonds. The summed E-state index contributed by atoms with van der Waals surface area (Å²) in [7, 11) is -2.76. The molecule has 5 heteroatoms. The minimum Gasteiger partial charge on any atom is -0.407 e. The van der Waals surface area contributed by atoms with Crippen LogP contribution in [0.15, 0.2) is 60.7 Å². The maximum absolute atomic E-state index is 12.9. The number of hydrogen-bond donors (Lipinski definition) is 2. The number of carbonyl (C=O) groups is 1. The third-order valence-electron chi connectivity index (χ3n) is 8.18. The van der Waals surface area contributed by atoms with Crippen molar-refractivity contribution in [2.24, 2.45) is 16.7 Å². The van der Waals surface area contributed by atoms with Crippen LogP contribution in [0.2, 0.25) is 5.04 Å². The van der Waals surface area contributed by atoms with Gasteiger partial charge in [-0.1, -0.05) is 88.4 Å². The van der Waals surface area contributed by atoms with Crippen molar-refractivity contribution < 1.29 is 19.4 Å². The Labute approximate surface area is 186 Å². The number of aliphatic hydroxyl groups is 2. The number of hydrogen-bond acceptors (Lipinski definition) is 4. The average molecular weight is 439 g/mol. The standard InChI is InChI=1S/C26H34O4Si/c1-24(2,3)31(20-11-7-5-8-12-20,21-13-9-6-10-14-21)30-18-25(4)19-15-22(28)26(25,17-27)23(29)16-19/h5-14,19,22,27-28H,15-18H2,1-4H3/t19-,22-,25+,26+/m0/s1. The largest absolute Gasteiger partial charge is 0.407 e. The van der Waals surface area contributed by atoms with Crippen molar-refractivity contribution >= 4 is 24.5 Å². The van der Waals surface area contributed by atoms with E-state index in [1.54, 1.807) is 0 Å². The van der Waals surface area contributed by atoms with E-state index < -0.39 is 25.3 Å². The third-order valence-corrected chi connectivity index (χ3v) is 13.2. The highest BCUT2D eigenvalue weighted by atomic mass is 28.4. The number of aliphatic hydroxyl groups excluding tert-OH is 2. The predicted molar refractivity (Wildman–Crippen MR) is 125 cm³/mol. The first-order chi connectivity index (χ1) is 14.6. The Bertz CT molecular complexity index is 899. The van der Waals surface area contributed by atoms with E-state index in [0.717, 1.165) is 0 Å². The van der Waals surface area contributed by atoms with Crippen molar-refractivity contribution in [1.82, 2.24) is 0 Å². The Hall–Kier alpha value is -1.79. The highest BCUT2D eigenvalue weighted by Crippen LogP contribution is 2.64. The summed E-state index contributed by atoms with van der Waals surface area (Å²) in [5.41, 5.74) is -1.71. The normalized spacial score (nSPS) is 30.7. The molecule has 2 fully saturated rings. The molecule has 166 valence electrons. The van der Waals surface area contributed by atoms with Crippen LogP contribution in [0.3, 0.4) is 0 Å². The van der Waals surface area contributed by atoms with E-state index in [2.05, 4.69) is 69.3 Å². The lowest BCUT2D eigenvalue weighted by molar-refractivity contribution is -0.144. The van der Waals surface area contributed by atoms with Crippen LogP contribution in [0, 0.1) is 16.7 Å². The number of benzene rings is 2. The molecule has 0 aromatic heterocycles. The molecule has 31 heavy (non-hydrogen) atoms. The van der Waals surface area contributed by atoms with Crippen molar-refractivity contribution in [3.63, 3.8) is 0 Å². The summed E-state index contributed by atoms with van der Waals surface area (Å²) >= 11 is 0. The molecule has 4 nitrogen and oxygen atoms in total. The van der Waals surface area contributed by atoms with Crippen LogP contribution in [0.4, 0.5) is 0 Å². The van der Waals surface area contributed by atoms with Crippen LogP contribution in [-0.2, 0) is 9.22 Å². The van der Waals surface area contributed by atoms with Gasteiger partial charge in [-0.15, -0.1) is 0 Å². The van der Waals surface area contributed by atoms with Crippen LogP contribution in [-0.4, -0.2) is 43.6 Å². The van der Waals surface area contributed by atoms with E-state index in [1.165, 1.54) is 10.4 Å². The van der Waals surface area contributed by atoms with Crippen LogP contribution in [0.25, 0.3) is 0 Å². The minimum atomic E-state index is -2.76. The highest BCUT2D eigenvalue weighted by Gasteiger charge is 2.71. The second-order valence-electron chi connectivity index (χ2n) is 10.6. The van der Waals surface area contributed by atoms with Crippen LogP contribution >= 0.6 is 0 Å². The van der Waals surface area contributed by atoms with E-state index in [4.69, 9.17) is 4.43 Å².